The Morgan fingerprint density at radius 1 is 1.14 bits per heavy atom. The molecule has 3 N–H and O–H groups in total. The van der Waals surface area contributed by atoms with Crippen LogP contribution in [0, 0.1) is 17.0 Å². The highest BCUT2D eigenvalue weighted by Gasteiger charge is 2.67. The third-order valence-corrected chi connectivity index (χ3v) is 8.21. The van der Waals surface area contributed by atoms with Crippen molar-refractivity contribution in [2.24, 2.45) is 5.41 Å². The molecule has 3 aromatic rings. The van der Waals surface area contributed by atoms with E-state index in [4.69, 9.17) is 21.1 Å². The van der Waals surface area contributed by atoms with Crippen molar-refractivity contribution in [3.63, 3.8) is 0 Å². The second-order valence-corrected chi connectivity index (χ2v) is 12.3. The van der Waals surface area contributed by atoms with Crippen LogP contribution in [0.3, 0.4) is 0 Å². The molecule has 1 aromatic heterocycles. The molecule has 9 nitrogen and oxygen atoms in total. The van der Waals surface area contributed by atoms with Gasteiger partial charge in [-0.15, -0.1) is 0 Å². The van der Waals surface area contributed by atoms with Crippen molar-refractivity contribution in [1.82, 2.24) is 10.3 Å². The van der Waals surface area contributed by atoms with Gasteiger partial charge in [-0.2, -0.15) is 0 Å². The number of aromatic nitrogens is 1. The van der Waals surface area contributed by atoms with Crippen molar-refractivity contribution in [2.45, 2.75) is 50.6 Å². The number of nitrogens with one attached hydrogen (secondary N) is 3. The summed E-state index contributed by atoms with van der Waals surface area (Å²) >= 11 is 6.22. The van der Waals surface area contributed by atoms with Crippen molar-refractivity contribution in [1.29, 1.82) is 0 Å². The Bertz CT molecular complexity index is 1630. The van der Waals surface area contributed by atoms with Gasteiger partial charge in [0.1, 0.15) is 22.8 Å². The first-order chi connectivity index (χ1) is 20.3. The topological polar surface area (TPSA) is 119 Å². The van der Waals surface area contributed by atoms with Crippen LogP contribution < -0.4 is 20.7 Å². The van der Waals surface area contributed by atoms with E-state index in [-0.39, 0.29) is 44.4 Å². The summed E-state index contributed by atoms with van der Waals surface area (Å²) in [6.45, 7) is 5.93. The zero-order chi connectivity index (χ0) is 31.3. The minimum Gasteiger partial charge on any atom is -0.495 e. The lowest BCUT2D eigenvalue weighted by Gasteiger charge is -2.36. The molecule has 5 rings (SSSR count). The first-order valence-corrected chi connectivity index (χ1v) is 13.9. The van der Waals surface area contributed by atoms with E-state index in [9.17, 15) is 18.8 Å². The molecule has 2 aromatic carbocycles. The van der Waals surface area contributed by atoms with E-state index in [2.05, 4.69) is 20.9 Å². The fourth-order valence-corrected chi connectivity index (χ4v) is 6.41. The molecule has 43 heavy (non-hydrogen) atoms. The molecule has 1 fully saturated rings. The highest BCUT2D eigenvalue weighted by atomic mass is 35.5. The zero-order valence-corrected chi connectivity index (χ0v) is 24.9. The van der Waals surface area contributed by atoms with Gasteiger partial charge in [-0.25, -0.2) is 13.6 Å². The second kappa shape index (κ2) is 11.2. The van der Waals surface area contributed by atoms with Gasteiger partial charge >= 0.3 is 5.97 Å². The zero-order valence-electron chi connectivity index (χ0n) is 24.2. The molecule has 12 heteroatoms. The van der Waals surface area contributed by atoms with Gasteiger partial charge in [-0.05, 0) is 41.7 Å². The Labute approximate surface area is 252 Å². The summed E-state index contributed by atoms with van der Waals surface area (Å²) in [6, 6.07) is 8.01. The number of ether oxygens (including phenoxy) is 2. The first-order valence-electron chi connectivity index (χ1n) is 13.6. The molecule has 0 saturated carbocycles. The van der Waals surface area contributed by atoms with Crippen LogP contribution in [0.5, 0.6) is 5.75 Å². The molecule has 0 aliphatic carbocycles. The molecule has 3 heterocycles. The summed E-state index contributed by atoms with van der Waals surface area (Å²) < 4.78 is 40.4. The number of benzene rings is 2. The highest BCUT2D eigenvalue weighted by Crippen LogP contribution is 2.56. The van der Waals surface area contributed by atoms with Crippen LogP contribution in [0.1, 0.15) is 54.7 Å². The average Bonchev–Trinajstić information content (AvgIpc) is 3.43. The molecule has 0 unspecified atom stereocenters. The van der Waals surface area contributed by atoms with Crippen LogP contribution in [-0.4, -0.2) is 49.1 Å². The standard InChI is InChI=1S/C31H31ClF2N4O5/c1-30(2,3)13-22-31(26-20(37-29(31)41)12-16(33)14-35-26)23(17-7-6-8-18(32)24(17)34)25(38-22)27(39)36-19-10-9-15(28(40)43-5)11-21(19)42-4/h6-12,14,22-23,25,38H,13H2,1-5H3,(H,36,39)(H,37,41)/t22-,23-,25+,31+/m0/s1. The lowest BCUT2D eigenvalue weighted by molar-refractivity contribution is -0.122. The minimum absolute atomic E-state index is 0.0266. The van der Waals surface area contributed by atoms with Gasteiger partial charge in [0.05, 0.1) is 54.1 Å². The number of amides is 2. The predicted octanol–water partition coefficient (Wildman–Crippen LogP) is 5.20. The lowest BCUT2D eigenvalue weighted by atomic mass is 9.64. The number of nitrogens with zero attached hydrogens (tertiary/aromatic N) is 1. The van der Waals surface area contributed by atoms with Crippen LogP contribution >= 0.6 is 11.6 Å². The van der Waals surface area contributed by atoms with Crippen LogP contribution in [0.25, 0.3) is 0 Å². The van der Waals surface area contributed by atoms with E-state index in [1.165, 1.54) is 44.6 Å². The quantitative estimate of drug-likeness (QED) is 0.328. The number of halogens is 3. The van der Waals surface area contributed by atoms with Crippen molar-refractivity contribution >= 4 is 40.8 Å². The van der Waals surface area contributed by atoms with Gasteiger partial charge in [0, 0.05) is 18.0 Å². The number of anilines is 2. The number of methoxy groups -OCH3 is 2. The number of fused-ring (bicyclic) bond motifs is 2. The van der Waals surface area contributed by atoms with Gasteiger partial charge < -0.3 is 25.4 Å². The normalized spacial score (nSPS) is 22.7. The van der Waals surface area contributed by atoms with Gasteiger partial charge in [0.15, 0.2) is 0 Å². The molecular formula is C31H31ClF2N4O5. The molecular weight excluding hydrogens is 582 g/mol. The van der Waals surface area contributed by atoms with E-state index in [0.717, 1.165) is 12.3 Å². The number of esters is 1. The summed E-state index contributed by atoms with van der Waals surface area (Å²) in [5.74, 6) is -4.15. The average molecular weight is 613 g/mol. The van der Waals surface area contributed by atoms with E-state index in [1.807, 2.05) is 20.8 Å². The predicted molar refractivity (Wildman–Crippen MR) is 156 cm³/mol. The summed E-state index contributed by atoms with van der Waals surface area (Å²) in [4.78, 5) is 44.7. The van der Waals surface area contributed by atoms with Crippen molar-refractivity contribution in [2.75, 3.05) is 24.9 Å². The third-order valence-electron chi connectivity index (χ3n) is 7.92. The van der Waals surface area contributed by atoms with Gasteiger partial charge in [0.2, 0.25) is 11.8 Å². The molecule has 2 aliphatic heterocycles. The van der Waals surface area contributed by atoms with Crippen molar-refractivity contribution in [3.05, 3.63) is 82.1 Å². The second-order valence-electron chi connectivity index (χ2n) is 11.9. The number of pyridine rings is 1. The summed E-state index contributed by atoms with van der Waals surface area (Å²) in [6.07, 6.45) is 1.38. The smallest absolute Gasteiger partial charge is 0.337 e. The highest BCUT2D eigenvalue weighted by molar-refractivity contribution is 6.30. The molecule has 0 radical (unpaired) electrons. The molecule has 2 amide bonds. The maximum atomic E-state index is 15.9. The first kappa shape index (κ1) is 30.4. The minimum atomic E-state index is -1.61. The number of hydrogen-bond donors (Lipinski definition) is 3. The number of hydrogen-bond acceptors (Lipinski definition) is 7. The Morgan fingerprint density at radius 2 is 1.88 bits per heavy atom. The maximum absolute atomic E-state index is 15.9. The largest absolute Gasteiger partial charge is 0.495 e. The molecule has 4 atom stereocenters. The van der Waals surface area contributed by atoms with Crippen molar-refractivity contribution < 1.29 is 32.6 Å². The Morgan fingerprint density at radius 3 is 2.56 bits per heavy atom. The van der Waals surface area contributed by atoms with Gasteiger partial charge in [-0.3, -0.25) is 14.6 Å². The molecule has 1 spiro atoms. The van der Waals surface area contributed by atoms with E-state index in [1.54, 1.807) is 6.07 Å². The van der Waals surface area contributed by atoms with E-state index >= 15 is 4.39 Å². The third kappa shape index (κ3) is 5.21. The molecule has 1 saturated heterocycles. The van der Waals surface area contributed by atoms with Gasteiger partial charge in [0.25, 0.3) is 0 Å². The summed E-state index contributed by atoms with van der Waals surface area (Å²) in [5.41, 5.74) is -1.14. The number of carbonyl (C=O) groups excluding carboxylic acids is 3. The Hall–Kier alpha value is -4.09. The van der Waals surface area contributed by atoms with Crippen molar-refractivity contribution in [3.8, 4) is 5.75 Å². The molecule has 226 valence electrons. The summed E-state index contributed by atoms with van der Waals surface area (Å²) in [7, 11) is 2.62. The van der Waals surface area contributed by atoms with E-state index < -0.39 is 52.8 Å². The maximum Gasteiger partial charge on any atom is 0.337 e. The fourth-order valence-electron chi connectivity index (χ4n) is 6.23. The lowest BCUT2D eigenvalue weighted by Crippen LogP contribution is -2.50. The van der Waals surface area contributed by atoms with Crippen LogP contribution in [-0.2, 0) is 19.7 Å². The SMILES string of the molecule is COC(=O)c1ccc(NC(=O)[C@@H]2N[C@@H](CC(C)(C)C)[C@@]3(C(=O)Nc4cc(F)cnc43)[C@H]2c2cccc(Cl)c2F)c(OC)c1. The number of rotatable bonds is 6. The Kier molecular flexibility index (Phi) is 7.91. The Balaban J connectivity index is 1.68. The summed E-state index contributed by atoms with van der Waals surface area (Å²) in [5, 5.41) is 8.69. The van der Waals surface area contributed by atoms with Crippen LogP contribution in [0.4, 0.5) is 20.2 Å². The number of carbonyl (C=O) groups is 3. The van der Waals surface area contributed by atoms with Crippen LogP contribution in [0.15, 0.2) is 48.7 Å². The van der Waals surface area contributed by atoms with Crippen LogP contribution in [0.2, 0.25) is 5.02 Å². The monoisotopic (exact) mass is 612 g/mol. The van der Waals surface area contributed by atoms with Gasteiger partial charge in [-0.1, -0.05) is 44.5 Å². The fraction of sp³-hybridized carbons (Fsp3) is 0.355. The van der Waals surface area contributed by atoms with E-state index in [0.29, 0.717) is 6.42 Å². The molecule has 0 bridgehead atoms. The molecule has 2 aliphatic rings.